The number of halogens is 2. The summed E-state index contributed by atoms with van der Waals surface area (Å²) in [7, 11) is 1.81. The van der Waals surface area contributed by atoms with Crippen LogP contribution in [0.15, 0.2) is 42.5 Å². The van der Waals surface area contributed by atoms with E-state index in [0.29, 0.717) is 22.2 Å². The third-order valence-corrected chi connectivity index (χ3v) is 5.27. The number of carbonyl (C=O) groups excluding carboxylic acids is 1. The fourth-order valence-corrected chi connectivity index (χ4v) is 3.62. The van der Waals surface area contributed by atoms with Crippen LogP contribution in [0.5, 0.6) is 0 Å². The minimum absolute atomic E-state index is 0.0169. The van der Waals surface area contributed by atoms with E-state index in [1.807, 2.05) is 19.2 Å². The molecule has 1 heterocycles. The molecule has 1 fully saturated rings. The SMILES string of the molecule is CN(Cc1ccccc1N1CCOCC1)C(=O)Cc1c(Cl)cccc1Cl. The second kappa shape index (κ2) is 8.76. The lowest BCUT2D eigenvalue weighted by Crippen LogP contribution is -2.37. The summed E-state index contributed by atoms with van der Waals surface area (Å²) in [4.78, 5) is 16.7. The quantitative estimate of drug-likeness (QED) is 0.769. The molecule has 138 valence electrons. The fraction of sp³-hybridized carbons (Fsp3) is 0.350. The Balaban J connectivity index is 1.71. The summed E-state index contributed by atoms with van der Waals surface area (Å²) in [5.74, 6) is -0.0169. The van der Waals surface area contributed by atoms with E-state index in [0.717, 1.165) is 37.6 Å². The van der Waals surface area contributed by atoms with Gasteiger partial charge in [-0.1, -0.05) is 47.5 Å². The van der Waals surface area contributed by atoms with Gasteiger partial charge in [-0.15, -0.1) is 0 Å². The lowest BCUT2D eigenvalue weighted by atomic mass is 10.1. The van der Waals surface area contributed by atoms with Crippen LogP contribution in [0.2, 0.25) is 10.0 Å². The minimum atomic E-state index is -0.0169. The molecule has 1 aliphatic rings. The Hall–Kier alpha value is -1.75. The van der Waals surface area contributed by atoms with Gasteiger partial charge in [0.2, 0.25) is 5.91 Å². The normalized spacial score (nSPS) is 14.3. The van der Waals surface area contributed by atoms with Gasteiger partial charge in [0.1, 0.15) is 0 Å². The van der Waals surface area contributed by atoms with Gasteiger partial charge in [-0.3, -0.25) is 4.79 Å². The van der Waals surface area contributed by atoms with Crippen LogP contribution in [0.1, 0.15) is 11.1 Å². The van der Waals surface area contributed by atoms with Crippen LogP contribution < -0.4 is 4.90 Å². The summed E-state index contributed by atoms with van der Waals surface area (Å²) in [6.45, 7) is 3.73. The molecule has 2 aromatic carbocycles. The van der Waals surface area contributed by atoms with E-state index in [2.05, 4.69) is 17.0 Å². The molecule has 3 rings (SSSR count). The first kappa shape index (κ1) is 19.0. The number of carbonyl (C=O) groups is 1. The molecular formula is C20H22Cl2N2O2. The minimum Gasteiger partial charge on any atom is -0.378 e. The maximum absolute atomic E-state index is 12.7. The van der Waals surface area contributed by atoms with Crippen LogP contribution in [0, 0.1) is 0 Å². The molecule has 0 saturated carbocycles. The number of anilines is 1. The van der Waals surface area contributed by atoms with Crippen molar-refractivity contribution in [2.75, 3.05) is 38.3 Å². The number of benzene rings is 2. The molecule has 0 unspecified atom stereocenters. The van der Waals surface area contributed by atoms with Crippen molar-refractivity contribution in [3.05, 3.63) is 63.6 Å². The summed E-state index contributed by atoms with van der Waals surface area (Å²) in [6, 6.07) is 13.5. The number of morpholine rings is 1. The van der Waals surface area contributed by atoms with Gasteiger partial charge in [0, 0.05) is 42.4 Å². The van der Waals surface area contributed by atoms with Gasteiger partial charge in [-0.2, -0.15) is 0 Å². The standard InChI is InChI=1S/C20H22Cl2N2O2/c1-23(20(25)13-16-17(21)6-4-7-18(16)22)14-15-5-2-3-8-19(15)24-9-11-26-12-10-24/h2-8H,9-14H2,1H3. The van der Waals surface area contributed by atoms with Gasteiger partial charge in [-0.05, 0) is 29.3 Å². The highest BCUT2D eigenvalue weighted by atomic mass is 35.5. The number of likely N-dealkylation sites (N-methyl/N-ethyl adjacent to an activating group) is 1. The van der Waals surface area contributed by atoms with Crippen molar-refractivity contribution >= 4 is 34.8 Å². The highest BCUT2D eigenvalue weighted by Gasteiger charge is 2.18. The van der Waals surface area contributed by atoms with E-state index in [9.17, 15) is 4.79 Å². The molecule has 0 radical (unpaired) electrons. The Morgan fingerprint density at radius 1 is 1.08 bits per heavy atom. The molecule has 0 N–H and O–H groups in total. The zero-order valence-electron chi connectivity index (χ0n) is 14.8. The Kier molecular flexibility index (Phi) is 6.41. The molecule has 4 nitrogen and oxygen atoms in total. The van der Waals surface area contributed by atoms with Crippen LogP contribution in [0.4, 0.5) is 5.69 Å². The number of hydrogen-bond donors (Lipinski definition) is 0. The highest BCUT2D eigenvalue weighted by Crippen LogP contribution is 2.26. The van der Waals surface area contributed by atoms with Gasteiger partial charge in [-0.25, -0.2) is 0 Å². The zero-order valence-corrected chi connectivity index (χ0v) is 16.3. The predicted octanol–water partition coefficient (Wildman–Crippen LogP) is 4.03. The summed E-state index contributed by atoms with van der Waals surface area (Å²) >= 11 is 12.4. The number of nitrogens with zero attached hydrogens (tertiary/aromatic N) is 2. The van der Waals surface area contributed by atoms with Crippen LogP contribution in [0.3, 0.4) is 0 Å². The number of para-hydroxylation sites is 1. The lowest BCUT2D eigenvalue weighted by molar-refractivity contribution is -0.129. The maximum atomic E-state index is 12.7. The van der Waals surface area contributed by atoms with Gasteiger partial charge in [0.05, 0.1) is 19.6 Å². The summed E-state index contributed by atoms with van der Waals surface area (Å²) in [5.41, 5.74) is 2.95. The van der Waals surface area contributed by atoms with E-state index in [-0.39, 0.29) is 12.3 Å². The van der Waals surface area contributed by atoms with Crippen molar-refractivity contribution in [1.29, 1.82) is 0 Å². The smallest absolute Gasteiger partial charge is 0.227 e. The van der Waals surface area contributed by atoms with Crippen molar-refractivity contribution in [2.24, 2.45) is 0 Å². The van der Waals surface area contributed by atoms with Crippen LogP contribution in [0.25, 0.3) is 0 Å². The van der Waals surface area contributed by atoms with E-state index in [1.165, 1.54) is 0 Å². The predicted molar refractivity (Wildman–Crippen MR) is 106 cm³/mol. The Bertz CT molecular complexity index is 756. The summed E-state index contributed by atoms with van der Waals surface area (Å²) in [6.07, 6.45) is 0.189. The molecule has 1 saturated heterocycles. The fourth-order valence-electron chi connectivity index (χ4n) is 3.09. The second-order valence-electron chi connectivity index (χ2n) is 6.35. The Labute approximate surface area is 164 Å². The first-order chi connectivity index (χ1) is 12.6. The van der Waals surface area contributed by atoms with E-state index < -0.39 is 0 Å². The van der Waals surface area contributed by atoms with Gasteiger partial charge in [0.15, 0.2) is 0 Å². The average Bonchev–Trinajstić information content (AvgIpc) is 2.66. The number of ether oxygens (including phenoxy) is 1. The van der Waals surface area contributed by atoms with Crippen molar-refractivity contribution in [2.45, 2.75) is 13.0 Å². The molecule has 2 aromatic rings. The summed E-state index contributed by atoms with van der Waals surface area (Å²) in [5, 5.41) is 1.04. The summed E-state index contributed by atoms with van der Waals surface area (Å²) < 4.78 is 5.44. The molecule has 1 amide bonds. The molecule has 0 bridgehead atoms. The van der Waals surface area contributed by atoms with E-state index in [4.69, 9.17) is 27.9 Å². The Morgan fingerprint density at radius 3 is 2.42 bits per heavy atom. The Morgan fingerprint density at radius 2 is 1.73 bits per heavy atom. The molecule has 0 aromatic heterocycles. The third-order valence-electron chi connectivity index (χ3n) is 4.57. The van der Waals surface area contributed by atoms with Crippen molar-refractivity contribution in [3.8, 4) is 0 Å². The molecule has 6 heteroatoms. The molecular weight excluding hydrogens is 371 g/mol. The molecule has 0 atom stereocenters. The van der Waals surface area contributed by atoms with Crippen LogP contribution in [-0.2, 0) is 22.5 Å². The van der Waals surface area contributed by atoms with Gasteiger partial charge < -0.3 is 14.5 Å². The van der Waals surface area contributed by atoms with Crippen LogP contribution >= 0.6 is 23.2 Å². The first-order valence-corrected chi connectivity index (χ1v) is 9.39. The van der Waals surface area contributed by atoms with Crippen molar-refractivity contribution < 1.29 is 9.53 Å². The monoisotopic (exact) mass is 392 g/mol. The van der Waals surface area contributed by atoms with Gasteiger partial charge in [0.25, 0.3) is 0 Å². The van der Waals surface area contributed by atoms with E-state index >= 15 is 0 Å². The van der Waals surface area contributed by atoms with Crippen molar-refractivity contribution in [1.82, 2.24) is 4.90 Å². The second-order valence-corrected chi connectivity index (χ2v) is 7.17. The molecule has 26 heavy (non-hydrogen) atoms. The first-order valence-electron chi connectivity index (χ1n) is 8.63. The highest BCUT2D eigenvalue weighted by molar-refractivity contribution is 6.36. The average molecular weight is 393 g/mol. The topological polar surface area (TPSA) is 32.8 Å². The molecule has 1 aliphatic heterocycles. The largest absolute Gasteiger partial charge is 0.378 e. The lowest BCUT2D eigenvalue weighted by Gasteiger charge is -2.31. The maximum Gasteiger partial charge on any atom is 0.227 e. The molecule has 0 aliphatic carbocycles. The van der Waals surface area contributed by atoms with E-state index in [1.54, 1.807) is 23.1 Å². The number of hydrogen-bond acceptors (Lipinski definition) is 3. The zero-order chi connectivity index (χ0) is 18.5. The van der Waals surface area contributed by atoms with Gasteiger partial charge >= 0.3 is 0 Å². The number of amides is 1. The number of rotatable bonds is 5. The third kappa shape index (κ3) is 4.50. The van der Waals surface area contributed by atoms with Crippen molar-refractivity contribution in [3.63, 3.8) is 0 Å². The molecule has 0 spiro atoms. The van der Waals surface area contributed by atoms with Crippen LogP contribution in [-0.4, -0.2) is 44.2 Å².